The van der Waals surface area contributed by atoms with E-state index in [0.717, 1.165) is 5.56 Å². The van der Waals surface area contributed by atoms with Crippen molar-refractivity contribution in [1.29, 1.82) is 0 Å². The van der Waals surface area contributed by atoms with Gasteiger partial charge in [0.05, 0.1) is 0 Å². The van der Waals surface area contributed by atoms with Gasteiger partial charge in [0, 0.05) is 5.69 Å². The third-order valence-electron chi connectivity index (χ3n) is 1.95. The van der Waals surface area contributed by atoms with E-state index in [-0.39, 0.29) is 5.69 Å². The maximum atomic E-state index is 12.6. The lowest BCUT2D eigenvalue weighted by Gasteiger charge is -2.18. The summed E-state index contributed by atoms with van der Waals surface area (Å²) < 4.78 is 60.6. The van der Waals surface area contributed by atoms with Crippen molar-refractivity contribution in [2.75, 3.05) is 5.32 Å². The minimum atomic E-state index is -5.90. The first-order valence-electron chi connectivity index (χ1n) is 4.47. The van der Waals surface area contributed by atoms with Crippen LogP contribution in [0.1, 0.15) is 5.56 Å². The fourth-order valence-corrected chi connectivity index (χ4v) is 0.975. The molecule has 0 unspecified atom stereocenters. The van der Waals surface area contributed by atoms with Crippen LogP contribution in [0.15, 0.2) is 24.3 Å². The SMILES string of the molecule is Cc1ccc(NC(=O)C(F)(F)C(F)(F)F)cc1. The molecule has 0 aliphatic rings. The first-order chi connectivity index (χ1) is 7.64. The fraction of sp³-hybridized carbons (Fsp3) is 0.300. The van der Waals surface area contributed by atoms with Crippen LogP contribution < -0.4 is 5.32 Å². The molecule has 2 nitrogen and oxygen atoms in total. The Hall–Kier alpha value is -1.66. The van der Waals surface area contributed by atoms with E-state index in [1.54, 1.807) is 6.92 Å². The van der Waals surface area contributed by atoms with Crippen LogP contribution in [0.2, 0.25) is 0 Å². The van der Waals surface area contributed by atoms with Crippen LogP contribution in [0.25, 0.3) is 0 Å². The van der Waals surface area contributed by atoms with Gasteiger partial charge in [-0.2, -0.15) is 22.0 Å². The largest absolute Gasteiger partial charge is 0.463 e. The molecule has 0 saturated carbocycles. The lowest BCUT2D eigenvalue weighted by molar-refractivity contribution is -0.267. The molecule has 1 N–H and O–H groups in total. The van der Waals surface area contributed by atoms with E-state index in [9.17, 15) is 26.7 Å². The van der Waals surface area contributed by atoms with Crippen molar-refractivity contribution in [2.45, 2.75) is 19.0 Å². The van der Waals surface area contributed by atoms with Crippen LogP contribution in [-0.4, -0.2) is 18.0 Å². The number of carbonyl (C=O) groups is 1. The first-order valence-corrected chi connectivity index (χ1v) is 4.47. The van der Waals surface area contributed by atoms with Crippen molar-refractivity contribution in [3.05, 3.63) is 29.8 Å². The molecule has 0 radical (unpaired) electrons. The highest BCUT2D eigenvalue weighted by molar-refractivity contribution is 5.96. The molecule has 1 rings (SSSR count). The second kappa shape index (κ2) is 4.31. The van der Waals surface area contributed by atoms with Gasteiger partial charge in [-0.25, -0.2) is 0 Å². The zero-order valence-electron chi connectivity index (χ0n) is 8.61. The number of nitrogens with one attached hydrogen (secondary N) is 1. The molecule has 17 heavy (non-hydrogen) atoms. The van der Waals surface area contributed by atoms with Crippen molar-refractivity contribution in [3.8, 4) is 0 Å². The summed E-state index contributed by atoms with van der Waals surface area (Å²) in [6.45, 7) is 1.70. The van der Waals surface area contributed by atoms with E-state index in [0.29, 0.717) is 0 Å². The number of aryl methyl sites for hydroxylation is 1. The molecule has 0 aliphatic heterocycles. The van der Waals surface area contributed by atoms with Gasteiger partial charge in [0.1, 0.15) is 0 Å². The summed E-state index contributed by atoms with van der Waals surface area (Å²) in [5.74, 6) is -7.80. The smallest absolute Gasteiger partial charge is 0.321 e. The minimum Gasteiger partial charge on any atom is -0.321 e. The number of rotatable bonds is 2. The zero-order valence-corrected chi connectivity index (χ0v) is 8.61. The molecule has 0 bridgehead atoms. The van der Waals surface area contributed by atoms with Crippen molar-refractivity contribution in [2.24, 2.45) is 0 Å². The predicted molar refractivity (Wildman–Crippen MR) is 50.8 cm³/mol. The van der Waals surface area contributed by atoms with Gasteiger partial charge in [0.2, 0.25) is 0 Å². The van der Waals surface area contributed by atoms with Gasteiger partial charge in [-0.1, -0.05) is 17.7 Å². The summed E-state index contributed by atoms with van der Waals surface area (Å²) in [6, 6.07) is 5.42. The van der Waals surface area contributed by atoms with Crippen LogP contribution in [0, 0.1) is 6.92 Å². The fourth-order valence-electron chi connectivity index (χ4n) is 0.975. The maximum absolute atomic E-state index is 12.6. The predicted octanol–water partition coefficient (Wildman–Crippen LogP) is 3.13. The Kier molecular flexibility index (Phi) is 3.40. The van der Waals surface area contributed by atoms with Gasteiger partial charge in [0.25, 0.3) is 0 Å². The van der Waals surface area contributed by atoms with Crippen LogP contribution in [0.5, 0.6) is 0 Å². The monoisotopic (exact) mass is 253 g/mol. The molecule has 94 valence electrons. The number of benzene rings is 1. The third kappa shape index (κ3) is 2.92. The van der Waals surface area contributed by atoms with Gasteiger partial charge < -0.3 is 5.32 Å². The van der Waals surface area contributed by atoms with E-state index in [1.165, 1.54) is 29.6 Å². The quantitative estimate of drug-likeness (QED) is 0.806. The van der Waals surface area contributed by atoms with Crippen molar-refractivity contribution in [3.63, 3.8) is 0 Å². The average molecular weight is 253 g/mol. The summed E-state index contributed by atoms with van der Waals surface area (Å²) in [5.41, 5.74) is 0.662. The molecule has 0 heterocycles. The molecule has 0 spiro atoms. The molecule has 7 heteroatoms. The molecule has 0 fully saturated rings. The molecular weight excluding hydrogens is 245 g/mol. The van der Waals surface area contributed by atoms with Crippen molar-refractivity contribution in [1.82, 2.24) is 0 Å². The molecular formula is C10H8F5NO. The van der Waals surface area contributed by atoms with Gasteiger partial charge in [-0.3, -0.25) is 4.79 Å². The van der Waals surface area contributed by atoms with E-state index >= 15 is 0 Å². The number of carbonyl (C=O) groups excluding carboxylic acids is 1. The number of hydrogen-bond donors (Lipinski definition) is 1. The van der Waals surface area contributed by atoms with Crippen LogP contribution in [0.4, 0.5) is 27.6 Å². The average Bonchev–Trinajstić information content (AvgIpc) is 2.19. The first kappa shape index (κ1) is 13.4. The number of hydrogen-bond acceptors (Lipinski definition) is 1. The van der Waals surface area contributed by atoms with Gasteiger partial charge in [-0.05, 0) is 19.1 Å². The normalized spacial score (nSPS) is 12.4. The summed E-state index contributed by atoms with van der Waals surface area (Å²) >= 11 is 0. The van der Waals surface area contributed by atoms with Gasteiger partial charge >= 0.3 is 18.0 Å². The third-order valence-corrected chi connectivity index (χ3v) is 1.95. The molecule has 0 saturated heterocycles. The lowest BCUT2D eigenvalue weighted by Crippen LogP contribution is -2.47. The van der Waals surface area contributed by atoms with Crippen LogP contribution >= 0.6 is 0 Å². The van der Waals surface area contributed by atoms with Crippen LogP contribution in [0.3, 0.4) is 0 Å². The molecule has 1 aromatic carbocycles. The summed E-state index contributed by atoms with van der Waals surface area (Å²) in [7, 11) is 0. The Balaban J connectivity index is 2.83. The lowest BCUT2D eigenvalue weighted by atomic mass is 10.2. The van der Waals surface area contributed by atoms with Gasteiger partial charge in [0.15, 0.2) is 0 Å². The second-order valence-electron chi connectivity index (χ2n) is 3.39. The zero-order chi connectivity index (χ0) is 13.3. The van der Waals surface area contributed by atoms with Gasteiger partial charge in [-0.15, -0.1) is 0 Å². The minimum absolute atomic E-state index is 0.121. The number of anilines is 1. The Morgan fingerprint density at radius 1 is 1.06 bits per heavy atom. The highest BCUT2D eigenvalue weighted by Crippen LogP contribution is 2.36. The Morgan fingerprint density at radius 2 is 1.53 bits per heavy atom. The molecule has 0 aliphatic carbocycles. The van der Waals surface area contributed by atoms with E-state index < -0.39 is 18.0 Å². The highest BCUT2D eigenvalue weighted by atomic mass is 19.4. The van der Waals surface area contributed by atoms with Crippen molar-refractivity contribution >= 4 is 11.6 Å². The number of halogens is 5. The van der Waals surface area contributed by atoms with Crippen LogP contribution in [-0.2, 0) is 4.79 Å². The molecule has 1 aromatic rings. The summed E-state index contributed by atoms with van der Waals surface area (Å²) in [6.07, 6.45) is -5.90. The maximum Gasteiger partial charge on any atom is 0.463 e. The summed E-state index contributed by atoms with van der Waals surface area (Å²) in [4.78, 5) is 10.8. The number of alkyl halides is 5. The Labute approximate surface area is 93.4 Å². The molecule has 1 amide bonds. The highest BCUT2D eigenvalue weighted by Gasteiger charge is 2.63. The topological polar surface area (TPSA) is 29.1 Å². The molecule has 0 atom stereocenters. The Morgan fingerprint density at radius 3 is 1.94 bits per heavy atom. The van der Waals surface area contributed by atoms with E-state index in [2.05, 4.69) is 0 Å². The van der Waals surface area contributed by atoms with Crippen molar-refractivity contribution < 1.29 is 26.7 Å². The Bertz CT molecular complexity index is 410. The molecule has 0 aromatic heterocycles. The summed E-state index contributed by atoms with van der Waals surface area (Å²) in [5, 5.41) is 1.51. The second-order valence-corrected chi connectivity index (χ2v) is 3.39. The van der Waals surface area contributed by atoms with E-state index in [1.807, 2.05) is 0 Å². The number of amides is 1. The van der Waals surface area contributed by atoms with E-state index in [4.69, 9.17) is 0 Å². The standard InChI is InChI=1S/C10H8F5NO/c1-6-2-4-7(5-3-6)16-8(17)9(11,12)10(13,14)15/h2-5H,1H3,(H,16,17).